The number of hydrogen-bond donors (Lipinski definition) is 0. The summed E-state index contributed by atoms with van der Waals surface area (Å²) in [6.07, 6.45) is 0. The van der Waals surface area contributed by atoms with E-state index in [0.29, 0.717) is 0 Å². The lowest BCUT2D eigenvalue weighted by Crippen LogP contribution is -2.78. The molecule has 0 radical (unpaired) electrons. The molecule has 0 spiro atoms. The second-order valence-corrected chi connectivity index (χ2v) is 39.4. The van der Waals surface area contributed by atoms with E-state index in [1.165, 1.54) is 118 Å². The summed E-state index contributed by atoms with van der Waals surface area (Å²) >= 11 is 0. The van der Waals surface area contributed by atoms with Crippen LogP contribution in [0.4, 0.5) is 0 Å². The predicted molar refractivity (Wildman–Crippen MR) is 431 cm³/mol. The maximum absolute atomic E-state index is 3.25. The van der Waals surface area contributed by atoms with Crippen LogP contribution in [-0.4, -0.2) is 29.8 Å². The molecule has 486 valence electrons. The molecule has 0 bridgehead atoms. The number of benzene rings is 13. The van der Waals surface area contributed by atoms with Gasteiger partial charge in [-0.15, -0.1) is 0 Å². The highest BCUT2D eigenvalue weighted by Crippen LogP contribution is 2.43. The molecule has 3 heterocycles. The zero-order valence-corrected chi connectivity index (χ0v) is 61.3. The zero-order chi connectivity index (χ0) is 68.4. The summed E-state index contributed by atoms with van der Waals surface area (Å²) in [6, 6.07) is 120. The topological polar surface area (TPSA) is 14.8 Å². The summed E-state index contributed by atoms with van der Waals surface area (Å²) in [4.78, 5) is 0. The van der Waals surface area contributed by atoms with Crippen LogP contribution in [0.25, 0.3) is 82.5 Å². The van der Waals surface area contributed by atoms with Crippen molar-refractivity contribution in [1.29, 1.82) is 0 Å². The lowest BCUT2D eigenvalue weighted by Gasteiger charge is -2.38. The molecule has 0 aliphatic rings. The summed E-state index contributed by atoms with van der Waals surface area (Å²) in [5.74, 6) is 0. The van der Waals surface area contributed by atoms with Crippen LogP contribution in [0, 0.1) is 0 Å². The van der Waals surface area contributed by atoms with E-state index >= 15 is 0 Å². The van der Waals surface area contributed by atoms with Gasteiger partial charge < -0.3 is 13.7 Å². The number of fused-ring (bicyclic) bond motifs is 9. The third-order valence-electron chi connectivity index (χ3n) is 21.5. The minimum absolute atomic E-state index is 0.0309. The molecule has 13 aromatic carbocycles. The molecule has 0 fully saturated rings. The van der Waals surface area contributed by atoms with Gasteiger partial charge in [0.1, 0.15) is 0 Å². The van der Waals surface area contributed by atoms with Gasteiger partial charge in [0.05, 0.1) is 33.1 Å². The second-order valence-electron chi connectivity index (χ2n) is 31.8. The van der Waals surface area contributed by atoms with Gasteiger partial charge in [-0.1, -0.05) is 295 Å². The fourth-order valence-electron chi connectivity index (χ4n) is 16.3. The van der Waals surface area contributed by atoms with E-state index in [-0.39, 0.29) is 21.7 Å². The lowest BCUT2D eigenvalue weighted by molar-refractivity contribution is 0.590. The van der Waals surface area contributed by atoms with E-state index in [9.17, 15) is 0 Å². The fourth-order valence-corrected chi connectivity index (χ4v) is 26.1. The Balaban J connectivity index is 1.07. The molecule has 0 N–H and O–H groups in total. The molecule has 0 atom stereocenters. The van der Waals surface area contributed by atoms with E-state index in [4.69, 9.17) is 0 Å². The Hall–Kier alpha value is -10.3. The van der Waals surface area contributed by atoms with Crippen LogP contribution >= 0.6 is 0 Å². The summed E-state index contributed by atoms with van der Waals surface area (Å²) < 4.78 is 7.72. The lowest BCUT2D eigenvalue weighted by atomic mass is 9.85. The van der Waals surface area contributed by atoms with Crippen molar-refractivity contribution >= 4 is 123 Å². The Morgan fingerprint density at radius 3 is 0.606 bits per heavy atom. The first-order valence-electron chi connectivity index (χ1n) is 35.4. The smallest absolute Gasteiger partial charge is 0.179 e. The first-order valence-corrected chi connectivity index (χ1v) is 39.4. The Kier molecular flexibility index (Phi) is 15.2. The summed E-state index contributed by atoms with van der Waals surface area (Å²) in [5, 5.41) is 18.1. The van der Waals surface area contributed by atoms with Crippen LogP contribution in [0.15, 0.2) is 309 Å². The molecule has 0 saturated heterocycles. The molecular formula is C94H87N3Si2. The van der Waals surface area contributed by atoms with Gasteiger partial charge in [-0.2, -0.15) is 0 Å². The molecule has 0 aliphatic heterocycles. The van der Waals surface area contributed by atoms with Crippen LogP contribution in [0.3, 0.4) is 0 Å². The molecule has 0 saturated carbocycles. The van der Waals surface area contributed by atoms with Crippen LogP contribution in [0.2, 0.25) is 0 Å². The molecular weight excluding hydrogens is 1230 g/mol. The third-order valence-corrected chi connectivity index (χ3v) is 31.0. The Morgan fingerprint density at radius 2 is 0.384 bits per heavy atom. The molecule has 16 aromatic rings. The molecule has 0 aliphatic carbocycles. The Bertz CT molecular complexity index is 5050. The minimum Gasteiger partial charge on any atom is -0.309 e. The van der Waals surface area contributed by atoms with Crippen LogP contribution in [0.1, 0.15) is 105 Å². The van der Waals surface area contributed by atoms with Crippen LogP contribution < -0.4 is 41.5 Å². The highest BCUT2D eigenvalue weighted by Gasteiger charge is 2.46. The first kappa shape index (κ1) is 63.4. The molecule has 5 heteroatoms. The van der Waals surface area contributed by atoms with E-state index in [1.54, 1.807) is 0 Å². The van der Waals surface area contributed by atoms with Crippen molar-refractivity contribution < 1.29 is 0 Å². The van der Waals surface area contributed by atoms with Crippen molar-refractivity contribution in [3.05, 3.63) is 332 Å². The monoisotopic (exact) mass is 1310 g/mol. The predicted octanol–water partition coefficient (Wildman–Crippen LogP) is 18.9. The standard InChI is InChI=1S/C94H87N3Si2/c1-91(2,3)64-43-49-85-79(55-64)80-56-65(92(4,5)6)44-50-86(80)95(85)68-47-53-89-83(61-68)84-62-69(96-87-51-45-66(93(7,8)9)57-81(87)82-58-67(94(10,11)12)46-52-88(82)96)48-54-90(84)97(89)70-59-77(98(71-31-19-13-20-32-71,72-33-21-14-22-34-72)73-35-23-15-24-36-73)63-78(60-70)99(74-37-25-16-26-38-74,75-39-27-17-28-40-75)76-41-29-18-30-42-76/h13-63H,1-12H3. The normalized spacial score (nSPS) is 12.8. The van der Waals surface area contributed by atoms with Gasteiger partial charge in [0.15, 0.2) is 16.1 Å². The van der Waals surface area contributed by atoms with Crippen molar-refractivity contribution in [1.82, 2.24) is 13.7 Å². The highest BCUT2D eigenvalue weighted by molar-refractivity contribution is 7.22. The molecule has 99 heavy (non-hydrogen) atoms. The zero-order valence-electron chi connectivity index (χ0n) is 59.3. The number of aromatic nitrogens is 3. The van der Waals surface area contributed by atoms with Gasteiger partial charge in [0.2, 0.25) is 0 Å². The molecule has 16 rings (SSSR count). The molecule has 0 unspecified atom stereocenters. The Labute approximate surface area is 586 Å². The van der Waals surface area contributed by atoms with Crippen molar-refractivity contribution in [3.63, 3.8) is 0 Å². The molecule has 3 nitrogen and oxygen atoms in total. The van der Waals surface area contributed by atoms with Gasteiger partial charge in [-0.05, 0) is 182 Å². The summed E-state index contributed by atoms with van der Waals surface area (Å²) in [5.41, 5.74) is 15.7. The van der Waals surface area contributed by atoms with Gasteiger partial charge in [0.25, 0.3) is 0 Å². The number of nitrogens with zero attached hydrogens (tertiary/aromatic N) is 3. The van der Waals surface area contributed by atoms with Gasteiger partial charge in [-0.3, -0.25) is 0 Å². The summed E-state index contributed by atoms with van der Waals surface area (Å²) in [6.45, 7) is 28.0. The van der Waals surface area contributed by atoms with Gasteiger partial charge in [-0.25, -0.2) is 0 Å². The average Bonchev–Trinajstić information content (AvgIpc) is 1.68. The maximum atomic E-state index is 2.68. The maximum Gasteiger partial charge on any atom is 0.179 e. The average molecular weight is 1310 g/mol. The third kappa shape index (κ3) is 10.5. The van der Waals surface area contributed by atoms with Crippen molar-refractivity contribution in [3.8, 4) is 17.1 Å². The highest BCUT2D eigenvalue weighted by atomic mass is 28.3. The minimum atomic E-state index is -3.25. The second kappa shape index (κ2) is 23.7. The van der Waals surface area contributed by atoms with Crippen molar-refractivity contribution in [2.45, 2.75) is 105 Å². The van der Waals surface area contributed by atoms with E-state index in [2.05, 4.69) is 406 Å². The van der Waals surface area contributed by atoms with Crippen LogP contribution in [0.5, 0.6) is 0 Å². The van der Waals surface area contributed by atoms with Crippen LogP contribution in [-0.2, 0) is 21.7 Å². The summed E-state index contributed by atoms with van der Waals surface area (Å²) in [7, 11) is -6.50. The van der Waals surface area contributed by atoms with Crippen molar-refractivity contribution in [2.24, 2.45) is 0 Å². The van der Waals surface area contributed by atoms with Gasteiger partial charge in [0, 0.05) is 49.4 Å². The quantitative estimate of drug-likeness (QED) is 0.0906. The fraction of sp³-hybridized carbons (Fsp3) is 0.170. The van der Waals surface area contributed by atoms with E-state index < -0.39 is 16.1 Å². The largest absolute Gasteiger partial charge is 0.309 e. The number of hydrogen-bond acceptors (Lipinski definition) is 0. The SMILES string of the molecule is CC(C)(C)c1ccc2c(c1)c1cc(C(C)(C)C)ccc1n2-c1ccc2c(c1)c1cc(-n3c4ccc(C(C)(C)C)cc4c4cc(C(C)(C)C)ccc43)ccc1n2-c1cc([Si](c2ccccc2)(c2ccccc2)c2ccccc2)cc([Si](c2ccccc2)(c2ccccc2)c2ccccc2)c1. The first-order chi connectivity index (χ1) is 47.6. The molecule has 0 amide bonds. The van der Waals surface area contributed by atoms with E-state index in [0.717, 1.165) is 28.1 Å². The van der Waals surface area contributed by atoms with Crippen molar-refractivity contribution in [2.75, 3.05) is 0 Å². The van der Waals surface area contributed by atoms with Gasteiger partial charge >= 0.3 is 0 Å². The van der Waals surface area contributed by atoms with E-state index in [1.807, 2.05) is 0 Å². The number of rotatable bonds is 11. The molecule has 3 aromatic heterocycles. The Morgan fingerprint density at radius 1 is 0.182 bits per heavy atom.